The first-order chi connectivity index (χ1) is 9.08. The largest absolute Gasteiger partial charge is 0.458 e. The number of furan rings is 1. The minimum atomic E-state index is -0.976. The summed E-state index contributed by atoms with van der Waals surface area (Å²) in [6.07, 6.45) is 0.494. The third-order valence-electron chi connectivity index (χ3n) is 3.21. The van der Waals surface area contributed by atoms with E-state index in [0.717, 1.165) is 0 Å². The minimum Gasteiger partial charge on any atom is -0.458 e. The van der Waals surface area contributed by atoms with Crippen LogP contribution < -0.4 is 0 Å². The third kappa shape index (κ3) is 1.80. The van der Waals surface area contributed by atoms with Gasteiger partial charge in [0, 0.05) is 18.0 Å². The number of aliphatic hydroxyl groups is 1. The van der Waals surface area contributed by atoms with Gasteiger partial charge >= 0.3 is 0 Å². The van der Waals surface area contributed by atoms with Crippen molar-refractivity contribution in [2.75, 3.05) is 0 Å². The molecule has 2 aromatic heterocycles. The average Bonchev–Trinajstić information content (AvgIpc) is 2.94. The molecular formula is C13H12FN3O2. The predicted octanol–water partition coefficient (Wildman–Crippen LogP) is 2.09. The molecule has 1 atom stereocenters. The number of nitrogens with zero attached hydrogens (tertiary/aromatic N) is 3. The molecule has 0 radical (unpaired) electrons. The number of rotatable bonds is 2. The van der Waals surface area contributed by atoms with E-state index >= 15 is 0 Å². The molecule has 0 aliphatic rings. The second-order valence-corrected chi connectivity index (χ2v) is 4.42. The Kier molecular flexibility index (Phi) is 2.60. The summed E-state index contributed by atoms with van der Waals surface area (Å²) in [7, 11) is 1.68. The van der Waals surface area contributed by atoms with Gasteiger partial charge < -0.3 is 9.52 Å². The highest BCUT2D eigenvalue weighted by Gasteiger charge is 2.22. The van der Waals surface area contributed by atoms with Crippen molar-refractivity contribution in [2.24, 2.45) is 7.05 Å². The van der Waals surface area contributed by atoms with Gasteiger partial charge in [0.2, 0.25) is 0 Å². The summed E-state index contributed by atoms with van der Waals surface area (Å²) in [6, 6.07) is 4.27. The number of hydrogen-bond acceptors (Lipinski definition) is 4. The molecule has 1 N–H and O–H groups in total. The van der Waals surface area contributed by atoms with E-state index in [0.29, 0.717) is 28.0 Å². The van der Waals surface area contributed by atoms with Crippen LogP contribution in [-0.4, -0.2) is 20.1 Å². The fraction of sp³-hybridized carbons (Fsp3) is 0.231. The van der Waals surface area contributed by atoms with E-state index < -0.39 is 6.10 Å². The molecule has 6 heteroatoms. The molecule has 0 saturated carbocycles. The quantitative estimate of drug-likeness (QED) is 0.767. The molecule has 5 nitrogen and oxygen atoms in total. The average molecular weight is 261 g/mol. The van der Waals surface area contributed by atoms with Gasteiger partial charge in [-0.3, -0.25) is 0 Å². The maximum absolute atomic E-state index is 13.2. The smallest absolute Gasteiger partial charge is 0.155 e. The Bertz CT molecular complexity index is 748. The lowest BCUT2D eigenvalue weighted by Crippen LogP contribution is -2.06. The van der Waals surface area contributed by atoms with E-state index in [4.69, 9.17) is 4.42 Å². The van der Waals surface area contributed by atoms with Gasteiger partial charge in [0.15, 0.2) is 6.10 Å². The molecule has 3 rings (SSSR count). The summed E-state index contributed by atoms with van der Waals surface area (Å²) in [4.78, 5) is 0. The van der Waals surface area contributed by atoms with Crippen LogP contribution in [-0.2, 0) is 7.05 Å². The van der Waals surface area contributed by atoms with E-state index in [-0.39, 0.29) is 5.82 Å². The highest BCUT2D eigenvalue weighted by Crippen LogP contribution is 2.32. The van der Waals surface area contributed by atoms with Crippen LogP contribution in [0.1, 0.15) is 23.1 Å². The maximum Gasteiger partial charge on any atom is 0.155 e. The van der Waals surface area contributed by atoms with Crippen molar-refractivity contribution < 1.29 is 13.9 Å². The van der Waals surface area contributed by atoms with Crippen LogP contribution in [0.25, 0.3) is 11.0 Å². The van der Waals surface area contributed by atoms with Gasteiger partial charge in [-0.15, -0.1) is 5.10 Å². The highest BCUT2D eigenvalue weighted by atomic mass is 19.1. The molecule has 3 aromatic rings. The number of halogens is 1. The van der Waals surface area contributed by atoms with Crippen LogP contribution >= 0.6 is 0 Å². The van der Waals surface area contributed by atoms with Gasteiger partial charge in [-0.2, -0.15) is 0 Å². The van der Waals surface area contributed by atoms with Crippen LogP contribution in [0.3, 0.4) is 0 Å². The van der Waals surface area contributed by atoms with Crippen molar-refractivity contribution in [1.29, 1.82) is 0 Å². The standard InChI is InChI=1S/C13H12FN3O2/c1-7-9-5-8(14)3-4-11(9)19-13(7)12(18)10-6-15-16-17(10)2/h3-6,12,18H,1-2H3. The van der Waals surface area contributed by atoms with Gasteiger partial charge in [0.1, 0.15) is 17.2 Å². The first-order valence-corrected chi connectivity index (χ1v) is 5.79. The summed E-state index contributed by atoms with van der Waals surface area (Å²) in [5, 5.41) is 18.5. The Balaban J connectivity index is 2.15. The molecule has 0 spiro atoms. The Morgan fingerprint density at radius 3 is 2.89 bits per heavy atom. The first-order valence-electron chi connectivity index (χ1n) is 5.79. The van der Waals surface area contributed by atoms with Gasteiger partial charge in [-0.05, 0) is 25.1 Å². The Labute approximate surface area is 108 Å². The molecule has 0 bridgehead atoms. The van der Waals surface area contributed by atoms with Crippen LogP contribution in [0.4, 0.5) is 4.39 Å². The van der Waals surface area contributed by atoms with E-state index in [1.54, 1.807) is 20.0 Å². The van der Waals surface area contributed by atoms with Crippen LogP contribution in [0.15, 0.2) is 28.8 Å². The fourth-order valence-electron chi connectivity index (χ4n) is 2.15. The van der Waals surface area contributed by atoms with E-state index in [2.05, 4.69) is 10.3 Å². The molecule has 1 aromatic carbocycles. The molecule has 98 valence electrons. The summed E-state index contributed by atoms with van der Waals surface area (Å²) >= 11 is 0. The maximum atomic E-state index is 13.2. The molecule has 0 aliphatic carbocycles. The third-order valence-corrected chi connectivity index (χ3v) is 3.21. The molecule has 2 heterocycles. The second kappa shape index (κ2) is 4.17. The topological polar surface area (TPSA) is 64.1 Å². The lowest BCUT2D eigenvalue weighted by atomic mass is 10.1. The summed E-state index contributed by atoms with van der Waals surface area (Å²) in [5.41, 5.74) is 1.77. The Morgan fingerprint density at radius 2 is 2.21 bits per heavy atom. The minimum absolute atomic E-state index is 0.334. The van der Waals surface area contributed by atoms with Crippen molar-refractivity contribution in [1.82, 2.24) is 15.0 Å². The van der Waals surface area contributed by atoms with E-state index in [1.807, 2.05) is 0 Å². The molecule has 0 saturated heterocycles. The molecule has 19 heavy (non-hydrogen) atoms. The first kappa shape index (κ1) is 11.9. The Hall–Kier alpha value is -2.21. The zero-order valence-electron chi connectivity index (χ0n) is 10.5. The van der Waals surface area contributed by atoms with Crippen molar-refractivity contribution >= 4 is 11.0 Å². The van der Waals surface area contributed by atoms with Crippen LogP contribution in [0.5, 0.6) is 0 Å². The number of hydrogen-bond donors (Lipinski definition) is 1. The highest BCUT2D eigenvalue weighted by molar-refractivity contribution is 5.82. The number of benzene rings is 1. The normalized spacial score (nSPS) is 13.1. The van der Waals surface area contributed by atoms with Crippen molar-refractivity contribution in [3.8, 4) is 0 Å². The van der Waals surface area contributed by atoms with Gasteiger partial charge in [0.25, 0.3) is 0 Å². The van der Waals surface area contributed by atoms with Crippen LogP contribution in [0, 0.1) is 12.7 Å². The molecule has 0 fully saturated rings. The summed E-state index contributed by atoms with van der Waals surface area (Å²) in [5.74, 6) is 0.0469. The molecule has 1 unspecified atom stereocenters. The van der Waals surface area contributed by atoms with Crippen molar-refractivity contribution in [3.63, 3.8) is 0 Å². The number of aromatic nitrogens is 3. The van der Waals surface area contributed by atoms with Crippen molar-refractivity contribution in [2.45, 2.75) is 13.0 Å². The SMILES string of the molecule is Cc1c(C(O)c2cnnn2C)oc2ccc(F)cc12. The molecule has 0 amide bonds. The number of aryl methyl sites for hydroxylation is 2. The second-order valence-electron chi connectivity index (χ2n) is 4.42. The van der Waals surface area contributed by atoms with Gasteiger partial charge in [-0.25, -0.2) is 9.07 Å². The van der Waals surface area contributed by atoms with Crippen molar-refractivity contribution in [3.05, 3.63) is 47.2 Å². The molecule has 0 aliphatic heterocycles. The zero-order valence-corrected chi connectivity index (χ0v) is 10.5. The van der Waals surface area contributed by atoms with Gasteiger partial charge in [-0.1, -0.05) is 5.21 Å². The molecular weight excluding hydrogens is 249 g/mol. The van der Waals surface area contributed by atoms with Gasteiger partial charge in [0.05, 0.1) is 11.9 Å². The fourth-order valence-corrected chi connectivity index (χ4v) is 2.15. The lowest BCUT2D eigenvalue weighted by Gasteiger charge is -2.08. The number of fused-ring (bicyclic) bond motifs is 1. The van der Waals surface area contributed by atoms with E-state index in [1.165, 1.54) is 23.0 Å². The van der Waals surface area contributed by atoms with Crippen LogP contribution in [0.2, 0.25) is 0 Å². The summed E-state index contributed by atoms with van der Waals surface area (Å²) in [6.45, 7) is 1.79. The zero-order chi connectivity index (χ0) is 13.6. The predicted molar refractivity (Wildman–Crippen MR) is 66.0 cm³/mol. The summed E-state index contributed by atoms with van der Waals surface area (Å²) < 4.78 is 20.3. The monoisotopic (exact) mass is 261 g/mol. The number of aliphatic hydroxyl groups excluding tert-OH is 1. The lowest BCUT2D eigenvalue weighted by molar-refractivity contribution is 0.182. The van der Waals surface area contributed by atoms with E-state index in [9.17, 15) is 9.50 Å². The Morgan fingerprint density at radius 1 is 1.42 bits per heavy atom.